The van der Waals surface area contributed by atoms with Gasteiger partial charge in [0, 0.05) is 30.4 Å². The first-order valence-corrected chi connectivity index (χ1v) is 13.0. The van der Waals surface area contributed by atoms with Gasteiger partial charge in [-0.05, 0) is 42.3 Å². The van der Waals surface area contributed by atoms with Crippen LogP contribution in [0.4, 0.5) is 13.2 Å². The third-order valence-corrected chi connectivity index (χ3v) is 6.66. The molecule has 0 aliphatic carbocycles. The lowest BCUT2D eigenvalue weighted by atomic mass is 10.0. The van der Waals surface area contributed by atoms with Gasteiger partial charge >= 0.3 is 0 Å². The number of ketones is 1. The molecule has 0 saturated heterocycles. The number of fused-ring (bicyclic) bond motifs is 1. The molecule has 0 atom stereocenters. The Morgan fingerprint density at radius 3 is 2.35 bits per heavy atom. The van der Waals surface area contributed by atoms with Gasteiger partial charge in [-0.2, -0.15) is 5.10 Å². The molecule has 0 N–H and O–H groups in total. The lowest BCUT2D eigenvalue weighted by molar-refractivity contribution is 0.0975. The van der Waals surface area contributed by atoms with Gasteiger partial charge in [-0.3, -0.25) is 19.3 Å². The third kappa shape index (κ3) is 6.17. The van der Waals surface area contributed by atoms with E-state index < -0.39 is 35.7 Å². The molecule has 0 amide bonds. The molecule has 0 radical (unpaired) electrons. The van der Waals surface area contributed by atoms with Crippen LogP contribution in [-0.2, 0) is 13.0 Å². The maximum Gasteiger partial charge on any atom is 0.257 e. The number of ether oxygens (including phenoxy) is 3. The Balaban J connectivity index is 1.41. The van der Waals surface area contributed by atoms with E-state index in [1.54, 1.807) is 42.6 Å². The van der Waals surface area contributed by atoms with Crippen LogP contribution >= 0.6 is 0 Å². The summed E-state index contributed by atoms with van der Waals surface area (Å²) in [7, 11) is 2.97. The average molecular weight is 591 g/mol. The summed E-state index contributed by atoms with van der Waals surface area (Å²) in [6, 6.07) is 14.9. The van der Waals surface area contributed by atoms with Crippen molar-refractivity contribution in [1.82, 2.24) is 19.7 Å². The lowest BCUT2D eigenvalue weighted by Gasteiger charge is -2.15. The van der Waals surface area contributed by atoms with Crippen molar-refractivity contribution in [3.63, 3.8) is 0 Å². The number of aromatic nitrogens is 4. The molecule has 9 nitrogen and oxygen atoms in total. The molecule has 5 aromatic rings. The lowest BCUT2D eigenvalue weighted by Crippen LogP contribution is -2.28. The van der Waals surface area contributed by atoms with E-state index in [0.29, 0.717) is 39.4 Å². The second-order valence-electron chi connectivity index (χ2n) is 9.44. The van der Waals surface area contributed by atoms with Crippen molar-refractivity contribution in [2.24, 2.45) is 0 Å². The number of pyridine rings is 2. The molecule has 0 saturated carbocycles. The molecule has 43 heavy (non-hydrogen) atoms. The molecule has 12 heteroatoms. The second kappa shape index (κ2) is 12.3. The topological polar surface area (TPSA) is 105 Å². The molecular weight excluding hydrogens is 565 g/mol. The highest BCUT2D eigenvalue weighted by Gasteiger charge is 2.23. The van der Waals surface area contributed by atoms with Crippen molar-refractivity contribution in [3.8, 4) is 34.3 Å². The average Bonchev–Trinajstić information content (AvgIpc) is 2.99. The Kier molecular flexibility index (Phi) is 8.37. The fraction of sp³-hybridized carbons (Fsp3) is 0.194. The van der Waals surface area contributed by atoms with Crippen LogP contribution in [0.2, 0.25) is 0 Å². The predicted molar refractivity (Wildman–Crippen MR) is 152 cm³/mol. The van der Waals surface area contributed by atoms with E-state index in [-0.39, 0.29) is 23.6 Å². The fourth-order valence-corrected chi connectivity index (χ4v) is 4.56. The van der Waals surface area contributed by atoms with Crippen LogP contribution in [-0.4, -0.2) is 46.2 Å². The van der Waals surface area contributed by atoms with Gasteiger partial charge in [-0.15, -0.1) is 0 Å². The van der Waals surface area contributed by atoms with Crippen LogP contribution in [0.5, 0.6) is 23.1 Å². The van der Waals surface area contributed by atoms with Crippen LogP contribution in [0.3, 0.4) is 0 Å². The van der Waals surface area contributed by atoms with Crippen LogP contribution in [0.25, 0.3) is 22.2 Å². The summed E-state index contributed by atoms with van der Waals surface area (Å²) >= 11 is 0. The second-order valence-corrected chi connectivity index (χ2v) is 9.44. The first-order valence-electron chi connectivity index (χ1n) is 13.0. The number of Topliss-reactive ketones (excluding diaryl/α,β-unsaturated/α-hetero) is 1. The van der Waals surface area contributed by atoms with E-state index in [4.69, 9.17) is 14.2 Å². The van der Waals surface area contributed by atoms with Gasteiger partial charge in [-0.1, -0.05) is 24.3 Å². The SMILES string of the molecule is COc1cc2nccc(Oc3ccc(CC(=O)c4nn(CC(F)F)c(C)c(-c5ccc(F)cc5)c4=O)cc3)c2nc1OC. The molecular formula is C31H25F3N4O5. The zero-order valence-electron chi connectivity index (χ0n) is 23.3. The number of alkyl halides is 2. The van der Waals surface area contributed by atoms with Gasteiger partial charge in [0.25, 0.3) is 12.3 Å². The molecule has 3 aromatic heterocycles. The summed E-state index contributed by atoms with van der Waals surface area (Å²) in [5, 5.41) is 3.98. The van der Waals surface area contributed by atoms with Gasteiger partial charge in [-0.25, -0.2) is 18.2 Å². The standard InChI is InChI=1S/C31H25F3N4O5/c1-17-27(19-6-8-20(32)9-7-19)30(40)29(37-38(17)16-26(33)34)23(39)14-18-4-10-21(11-5-18)43-24-12-13-35-22-15-25(41-2)31(42-3)36-28(22)24/h4-13,15,26H,14,16H2,1-3H3. The number of carbonyl (C=O) groups is 1. The summed E-state index contributed by atoms with van der Waals surface area (Å²) in [5.41, 5.74) is 0.751. The zero-order chi connectivity index (χ0) is 30.7. The minimum atomic E-state index is -2.78. The van der Waals surface area contributed by atoms with Gasteiger partial charge in [0.1, 0.15) is 23.6 Å². The number of hydrogen-bond acceptors (Lipinski definition) is 8. The van der Waals surface area contributed by atoms with Crippen LogP contribution in [0.15, 0.2) is 71.7 Å². The molecule has 0 aliphatic heterocycles. The van der Waals surface area contributed by atoms with Crippen molar-refractivity contribution in [3.05, 3.63) is 99.9 Å². The molecule has 0 bridgehead atoms. The van der Waals surface area contributed by atoms with Gasteiger partial charge in [0.05, 0.1) is 25.3 Å². The largest absolute Gasteiger partial charge is 0.491 e. The zero-order valence-corrected chi connectivity index (χ0v) is 23.3. The van der Waals surface area contributed by atoms with Gasteiger partial charge in [0.15, 0.2) is 23.0 Å². The summed E-state index contributed by atoms with van der Waals surface area (Å²) in [5.74, 6) is 0.345. The monoisotopic (exact) mass is 590 g/mol. The highest BCUT2D eigenvalue weighted by atomic mass is 19.3. The summed E-state index contributed by atoms with van der Waals surface area (Å²) in [4.78, 5) is 35.4. The Morgan fingerprint density at radius 2 is 1.70 bits per heavy atom. The summed E-state index contributed by atoms with van der Waals surface area (Å²) in [6.45, 7) is 0.639. The van der Waals surface area contributed by atoms with E-state index in [9.17, 15) is 22.8 Å². The van der Waals surface area contributed by atoms with Crippen molar-refractivity contribution in [2.45, 2.75) is 26.3 Å². The number of methoxy groups -OCH3 is 2. The predicted octanol–water partition coefficient (Wildman–Crippen LogP) is 5.80. The minimum absolute atomic E-state index is 0.00943. The van der Waals surface area contributed by atoms with Crippen molar-refractivity contribution >= 4 is 16.8 Å². The highest BCUT2D eigenvalue weighted by molar-refractivity contribution is 5.96. The molecule has 0 unspecified atom stereocenters. The van der Waals surface area contributed by atoms with E-state index in [0.717, 1.165) is 16.8 Å². The molecule has 220 valence electrons. The molecule has 0 spiro atoms. The number of halogens is 3. The maximum absolute atomic E-state index is 13.5. The number of hydrogen-bond donors (Lipinski definition) is 0. The maximum atomic E-state index is 13.5. The van der Waals surface area contributed by atoms with E-state index >= 15 is 0 Å². The van der Waals surface area contributed by atoms with Crippen molar-refractivity contribution in [2.75, 3.05) is 14.2 Å². The Hall–Kier alpha value is -5.26. The number of carbonyl (C=O) groups excluding carboxylic acids is 1. The number of benzene rings is 2. The highest BCUT2D eigenvalue weighted by Crippen LogP contribution is 2.34. The van der Waals surface area contributed by atoms with E-state index in [1.165, 1.54) is 33.3 Å². The molecule has 0 fully saturated rings. The Bertz CT molecular complexity index is 1860. The summed E-state index contributed by atoms with van der Waals surface area (Å²) < 4.78 is 57.7. The first kappa shape index (κ1) is 29.2. The molecule has 0 aliphatic rings. The number of rotatable bonds is 10. The molecule has 5 rings (SSSR count). The Labute approximate surface area is 243 Å². The molecule has 3 heterocycles. The smallest absolute Gasteiger partial charge is 0.257 e. The van der Waals surface area contributed by atoms with Crippen molar-refractivity contribution < 1.29 is 32.2 Å². The molecule has 2 aromatic carbocycles. The van der Waals surface area contributed by atoms with Crippen LogP contribution in [0, 0.1) is 12.7 Å². The fourth-order valence-electron chi connectivity index (χ4n) is 4.56. The quantitative estimate of drug-likeness (QED) is 0.188. The van der Waals surface area contributed by atoms with Crippen LogP contribution < -0.4 is 19.6 Å². The summed E-state index contributed by atoms with van der Waals surface area (Å²) in [6.07, 6.45) is -1.44. The van der Waals surface area contributed by atoms with Crippen LogP contribution in [0.1, 0.15) is 21.7 Å². The van der Waals surface area contributed by atoms with Crippen molar-refractivity contribution in [1.29, 1.82) is 0 Å². The first-order chi connectivity index (χ1) is 20.7. The normalized spacial score (nSPS) is 11.1. The third-order valence-electron chi connectivity index (χ3n) is 6.66. The van der Waals surface area contributed by atoms with Gasteiger partial charge in [0.2, 0.25) is 5.43 Å². The van der Waals surface area contributed by atoms with E-state index in [2.05, 4.69) is 15.1 Å². The number of nitrogens with zero attached hydrogens (tertiary/aromatic N) is 4. The minimum Gasteiger partial charge on any atom is -0.491 e. The van der Waals surface area contributed by atoms with E-state index in [1.807, 2.05) is 0 Å². The van der Waals surface area contributed by atoms with Gasteiger partial charge < -0.3 is 14.2 Å². The Morgan fingerprint density at radius 1 is 0.977 bits per heavy atom.